The molecule has 2 unspecified atom stereocenters. The molecule has 2 atom stereocenters. The van der Waals surface area contributed by atoms with E-state index in [0.29, 0.717) is 12.3 Å². The van der Waals surface area contributed by atoms with Crippen molar-refractivity contribution in [1.82, 2.24) is 10.6 Å². The van der Waals surface area contributed by atoms with Crippen molar-refractivity contribution in [1.29, 1.82) is 0 Å². The van der Waals surface area contributed by atoms with E-state index in [1.165, 1.54) is 0 Å². The van der Waals surface area contributed by atoms with Gasteiger partial charge in [-0.15, -0.1) is 12.4 Å². The number of amides is 2. The van der Waals surface area contributed by atoms with Crippen LogP contribution in [0.5, 0.6) is 0 Å². The molecule has 2 amide bonds. The molecule has 126 valence electrons. The van der Waals surface area contributed by atoms with Crippen LogP contribution in [0.25, 0.3) is 0 Å². The van der Waals surface area contributed by atoms with Crippen LogP contribution in [-0.4, -0.2) is 32.0 Å². The van der Waals surface area contributed by atoms with E-state index < -0.39 is 0 Å². The molecule has 2 N–H and O–H groups in total. The van der Waals surface area contributed by atoms with E-state index in [1.807, 2.05) is 32.0 Å². The molecule has 0 aliphatic carbocycles. The summed E-state index contributed by atoms with van der Waals surface area (Å²) in [5.41, 5.74) is 3.07. The van der Waals surface area contributed by atoms with E-state index in [2.05, 4.69) is 10.6 Å². The normalized spacial score (nSPS) is 19.4. The molecule has 5 nitrogen and oxygen atoms in total. The van der Waals surface area contributed by atoms with Crippen molar-refractivity contribution in [2.75, 3.05) is 25.0 Å². The fourth-order valence-corrected chi connectivity index (χ4v) is 3.07. The predicted octanol–water partition coefficient (Wildman–Crippen LogP) is 1.66. The van der Waals surface area contributed by atoms with Gasteiger partial charge < -0.3 is 15.5 Å². The van der Waals surface area contributed by atoms with Crippen LogP contribution < -0.4 is 15.5 Å². The average Bonchev–Trinajstić information content (AvgIpc) is 2.71. The Balaban J connectivity index is 0.00000192. The van der Waals surface area contributed by atoms with Crippen molar-refractivity contribution in [3.8, 4) is 0 Å². The number of anilines is 1. The average molecular weight is 338 g/mol. The molecule has 2 heterocycles. The number of carbonyl (C=O) groups is 2. The summed E-state index contributed by atoms with van der Waals surface area (Å²) in [7, 11) is 1.80. The molecule has 2 aliphatic heterocycles. The lowest BCUT2D eigenvalue weighted by Crippen LogP contribution is -2.49. The second-order valence-corrected chi connectivity index (χ2v) is 6.45. The van der Waals surface area contributed by atoms with Crippen LogP contribution in [0, 0.1) is 11.8 Å². The van der Waals surface area contributed by atoms with Crippen LogP contribution in [0.15, 0.2) is 18.2 Å². The van der Waals surface area contributed by atoms with Gasteiger partial charge in [-0.3, -0.25) is 9.59 Å². The molecule has 1 aromatic carbocycles. The minimum atomic E-state index is -0.0470. The SMILES string of the molecule is CC(NC(=O)C(C)C1CNC1)c1ccc2c(c1)CC(=O)N2C.Cl. The molecule has 0 spiro atoms. The highest BCUT2D eigenvalue weighted by molar-refractivity contribution is 6.00. The Morgan fingerprint density at radius 2 is 2.04 bits per heavy atom. The van der Waals surface area contributed by atoms with Gasteiger partial charge in [0.05, 0.1) is 12.5 Å². The molecule has 2 aliphatic rings. The van der Waals surface area contributed by atoms with Crippen molar-refractivity contribution in [2.24, 2.45) is 11.8 Å². The summed E-state index contributed by atoms with van der Waals surface area (Å²) in [6, 6.07) is 5.96. The first-order valence-electron chi connectivity index (χ1n) is 7.88. The zero-order valence-electron chi connectivity index (χ0n) is 13.8. The topological polar surface area (TPSA) is 61.4 Å². The number of hydrogen-bond acceptors (Lipinski definition) is 3. The lowest BCUT2D eigenvalue weighted by molar-refractivity contribution is -0.127. The highest BCUT2D eigenvalue weighted by atomic mass is 35.5. The van der Waals surface area contributed by atoms with Gasteiger partial charge in [-0.05, 0) is 43.1 Å². The van der Waals surface area contributed by atoms with Gasteiger partial charge in [0.15, 0.2) is 0 Å². The number of likely N-dealkylation sites (N-methyl/N-ethyl adjacent to an activating group) is 1. The van der Waals surface area contributed by atoms with Gasteiger partial charge in [0.1, 0.15) is 0 Å². The Bertz CT molecular complexity index is 616. The lowest BCUT2D eigenvalue weighted by atomic mass is 9.88. The second-order valence-electron chi connectivity index (χ2n) is 6.45. The number of halogens is 1. The summed E-state index contributed by atoms with van der Waals surface area (Å²) in [5.74, 6) is 0.701. The van der Waals surface area contributed by atoms with Gasteiger partial charge in [-0.25, -0.2) is 0 Å². The Morgan fingerprint density at radius 3 is 2.65 bits per heavy atom. The van der Waals surface area contributed by atoms with Crippen molar-refractivity contribution in [3.63, 3.8) is 0 Å². The molecular formula is C17H24ClN3O2. The number of nitrogens with one attached hydrogen (secondary N) is 2. The largest absolute Gasteiger partial charge is 0.349 e. The van der Waals surface area contributed by atoms with Crippen molar-refractivity contribution >= 4 is 29.9 Å². The van der Waals surface area contributed by atoms with Gasteiger partial charge in [-0.2, -0.15) is 0 Å². The molecule has 1 saturated heterocycles. The molecule has 23 heavy (non-hydrogen) atoms. The van der Waals surface area contributed by atoms with E-state index in [1.54, 1.807) is 11.9 Å². The maximum atomic E-state index is 12.3. The first-order valence-corrected chi connectivity index (χ1v) is 7.88. The molecule has 6 heteroatoms. The Morgan fingerprint density at radius 1 is 1.35 bits per heavy atom. The summed E-state index contributed by atoms with van der Waals surface area (Å²) in [6.45, 7) is 5.84. The van der Waals surface area contributed by atoms with Crippen molar-refractivity contribution in [3.05, 3.63) is 29.3 Å². The van der Waals surface area contributed by atoms with Gasteiger partial charge in [-0.1, -0.05) is 19.1 Å². The molecule has 0 bridgehead atoms. The zero-order valence-corrected chi connectivity index (χ0v) is 14.6. The third-order valence-electron chi connectivity index (χ3n) is 4.97. The second kappa shape index (κ2) is 6.89. The minimum Gasteiger partial charge on any atom is -0.349 e. The van der Waals surface area contributed by atoms with Crippen LogP contribution in [0.2, 0.25) is 0 Å². The Kier molecular flexibility index (Phi) is 5.32. The monoisotopic (exact) mass is 337 g/mol. The highest BCUT2D eigenvalue weighted by Gasteiger charge is 2.30. The van der Waals surface area contributed by atoms with E-state index in [-0.39, 0.29) is 36.2 Å². The number of benzene rings is 1. The van der Waals surface area contributed by atoms with E-state index in [9.17, 15) is 9.59 Å². The Labute approximate surface area is 143 Å². The predicted molar refractivity (Wildman–Crippen MR) is 92.9 cm³/mol. The van der Waals surface area contributed by atoms with Crippen molar-refractivity contribution < 1.29 is 9.59 Å². The van der Waals surface area contributed by atoms with Gasteiger partial charge >= 0.3 is 0 Å². The van der Waals surface area contributed by atoms with E-state index in [0.717, 1.165) is 29.9 Å². The molecule has 0 saturated carbocycles. The Hall–Kier alpha value is -1.59. The number of carbonyl (C=O) groups excluding carboxylic acids is 2. The quantitative estimate of drug-likeness (QED) is 0.878. The zero-order chi connectivity index (χ0) is 15.9. The number of fused-ring (bicyclic) bond motifs is 1. The molecule has 1 aromatic rings. The number of nitrogens with zero attached hydrogens (tertiary/aromatic N) is 1. The third kappa shape index (κ3) is 3.35. The summed E-state index contributed by atoms with van der Waals surface area (Å²) < 4.78 is 0. The standard InChI is InChI=1S/C17H23N3O2.ClH/c1-10(14-8-18-9-14)17(22)19-11(2)12-4-5-15-13(6-12)7-16(21)20(15)3;/h4-6,10-11,14,18H,7-9H2,1-3H3,(H,19,22);1H. The third-order valence-corrected chi connectivity index (χ3v) is 4.97. The summed E-state index contributed by atoms with van der Waals surface area (Å²) in [5, 5.41) is 6.30. The fraction of sp³-hybridized carbons (Fsp3) is 0.529. The minimum absolute atomic E-state index is 0. The molecule has 3 rings (SSSR count). The van der Waals surface area contributed by atoms with Gasteiger partial charge in [0, 0.05) is 18.7 Å². The maximum Gasteiger partial charge on any atom is 0.231 e. The van der Waals surface area contributed by atoms with Crippen LogP contribution in [-0.2, 0) is 16.0 Å². The van der Waals surface area contributed by atoms with E-state index >= 15 is 0 Å². The number of rotatable bonds is 4. The number of hydrogen-bond donors (Lipinski definition) is 2. The van der Waals surface area contributed by atoms with Crippen LogP contribution in [0.3, 0.4) is 0 Å². The first-order chi connectivity index (χ1) is 10.5. The molecule has 0 aromatic heterocycles. The smallest absolute Gasteiger partial charge is 0.231 e. The highest BCUT2D eigenvalue weighted by Crippen LogP contribution is 2.30. The molecule has 0 radical (unpaired) electrons. The van der Waals surface area contributed by atoms with Crippen molar-refractivity contribution in [2.45, 2.75) is 26.3 Å². The van der Waals surface area contributed by atoms with E-state index in [4.69, 9.17) is 0 Å². The first kappa shape index (κ1) is 17.8. The summed E-state index contributed by atoms with van der Waals surface area (Å²) >= 11 is 0. The lowest BCUT2D eigenvalue weighted by Gasteiger charge is -2.32. The molecular weight excluding hydrogens is 314 g/mol. The molecule has 1 fully saturated rings. The summed E-state index contributed by atoms with van der Waals surface area (Å²) in [6.07, 6.45) is 0.449. The van der Waals surface area contributed by atoms with Gasteiger partial charge in [0.25, 0.3) is 0 Å². The van der Waals surface area contributed by atoms with Crippen LogP contribution >= 0.6 is 12.4 Å². The van der Waals surface area contributed by atoms with Crippen LogP contribution in [0.1, 0.15) is 31.0 Å². The summed E-state index contributed by atoms with van der Waals surface area (Å²) in [4.78, 5) is 25.7. The van der Waals surface area contributed by atoms with Crippen LogP contribution in [0.4, 0.5) is 5.69 Å². The fourth-order valence-electron chi connectivity index (χ4n) is 3.07. The maximum absolute atomic E-state index is 12.3. The van der Waals surface area contributed by atoms with Gasteiger partial charge in [0.2, 0.25) is 11.8 Å².